The molecule has 0 spiro atoms. The smallest absolute Gasteiger partial charge is 0.326 e. The summed E-state index contributed by atoms with van der Waals surface area (Å²) in [6.07, 6.45) is 3.40. The minimum Gasteiger partial charge on any atom is -0.480 e. The molecule has 0 bridgehead atoms. The Morgan fingerprint density at radius 3 is 2.89 bits per heavy atom. The summed E-state index contributed by atoms with van der Waals surface area (Å²) in [6.45, 7) is 3.84. The van der Waals surface area contributed by atoms with Crippen molar-refractivity contribution >= 4 is 23.6 Å². The van der Waals surface area contributed by atoms with Gasteiger partial charge in [-0.1, -0.05) is 0 Å². The van der Waals surface area contributed by atoms with E-state index >= 15 is 0 Å². The average molecular weight is 289 g/mol. The predicted octanol–water partition coefficient (Wildman–Crippen LogP) is -0.396. The monoisotopic (exact) mass is 289 g/mol. The molecule has 19 heavy (non-hydrogen) atoms. The Morgan fingerprint density at radius 2 is 2.21 bits per heavy atom. The SMILES string of the molecule is CSCCC(NC(=O)CN1CCCNCC1)C(=O)O. The van der Waals surface area contributed by atoms with E-state index in [0.717, 1.165) is 38.4 Å². The topological polar surface area (TPSA) is 81.7 Å². The van der Waals surface area contributed by atoms with E-state index in [4.69, 9.17) is 5.11 Å². The number of nitrogens with one attached hydrogen (secondary N) is 2. The fraction of sp³-hybridized carbons (Fsp3) is 0.833. The summed E-state index contributed by atoms with van der Waals surface area (Å²) in [5, 5.41) is 14.9. The lowest BCUT2D eigenvalue weighted by Crippen LogP contribution is -2.46. The first-order valence-corrected chi connectivity index (χ1v) is 7.97. The molecule has 1 rings (SSSR count). The zero-order valence-electron chi connectivity index (χ0n) is 11.4. The van der Waals surface area contributed by atoms with E-state index in [1.807, 2.05) is 6.26 Å². The minimum absolute atomic E-state index is 0.199. The first-order valence-electron chi connectivity index (χ1n) is 6.57. The average Bonchev–Trinajstić information content (AvgIpc) is 2.62. The normalized spacial score (nSPS) is 18.6. The van der Waals surface area contributed by atoms with E-state index in [-0.39, 0.29) is 12.5 Å². The number of thioether (sulfide) groups is 1. The van der Waals surface area contributed by atoms with Gasteiger partial charge in [-0.3, -0.25) is 9.69 Å². The maximum absolute atomic E-state index is 11.9. The molecule has 1 unspecified atom stereocenters. The molecule has 3 N–H and O–H groups in total. The third-order valence-electron chi connectivity index (χ3n) is 3.04. The highest BCUT2D eigenvalue weighted by Crippen LogP contribution is 2.01. The summed E-state index contributed by atoms with van der Waals surface area (Å²) in [7, 11) is 0. The van der Waals surface area contributed by atoms with Crippen LogP contribution in [-0.2, 0) is 9.59 Å². The lowest BCUT2D eigenvalue weighted by molar-refractivity contribution is -0.142. The zero-order chi connectivity index (χ0) is 14.1. The molecule has 1 heterocycles. The van der Waals surface area contributed by atoms with Gasteiger partial charge in [-0.15, -0.1) is 0 Å². The minimum atomic E-state index is -0.958. The molecule has 0 saturated carbocycles. The third-order valence-corrected chi connectivity index (χ3v) is 3.69. The van der Waals surface area contributed by atoms with Gasteiger partial charge in [0.2, 0.25) is 5.91 Å². The van der Waals surface area contributed by atoms with Crippen LogP contribution < -0.4 is 10.6 Å². The van der Waals surface area contributed by atoms with Crippen LogP contribution in [0, 0.1) is 0 Å². The quantitative estimate of drug-likeness (QED) is 0.592. The van der Waals surface area contributed by atoms with Crippen molar-refractivity contribution in [2.45, 2.75) is 18.9 Å². The van der Waals surface area contributed by atoms with Crippen molar-refractivity contribution in [2.24, 2.45) is 0 Å². The van der Waals surface area contributed by atoms with Crippen LogP contribution in [0.15, 0.2) is 0 Å². The Hall–Kier alpha value is -0.790. The van der Waals surface area contributed by atoms with Crippen LogP contribution in [-0.4, -0.2) is 72.7 Å². The van der Waals surface area contributed by atoms with Crippen molar-refractivity contribution in [2.75, 3.05) is 44.7 Å². The molecule has 1 amide bonds. The van der Waals surface area contributed by atoms with Crippen LogP contribution >= 0.6 is 11.8 Å². The number of hydrogen-bond donors (Lipinski definition) is 3. The van der Waals surface area contributed by atoms with Gasteiger partial charge in [0.1, 0.15) is 6.04 Å². The zero-order valence-corrected chi connectivity index (χ0v) is 12.2. The molecule has 1 aliphatic rings. The van der Waals surface area contributed by atoms with Gasteiger partial charge >= 0.3 is 5.97 Å². The van der Waals surface area contributed by atoms with Gasteiger partial charge in [-0.05, 0) is 37.9 Å². The standard InChI is InChI=1S/C12H23N3O3S/c1-19-8-3-10(12(17)18)14-11(16)9-15-6-2-4-13-5-7-15/h10,13H,2-9H2,1H3,(H,14,16)(H,17,18). The highest BCUT2D eigenvalue weighted by atomic mass is 32.2. The van der Waals surface area contributed by atoms with E-state index in [9.17, 15) is 9.59 Å². The molecule has 1 fully saturated rings. The van der Waals surface area contributed by atoms with Crippen LogP contribution in [0.3, 0.4) is 0 Å². The summed E-state index contributed by atoms with van der Waals surface area (Å²) in [4.78, 5) is 25.0. The maximum Gasteiger partial charge on any atom is 0.326 e. The predicted molar refractivity (Wildman–Crippen MR) is 76.5 cm³/mol. The van der Waals surface area contributed by atoms with Gasteiger partial charge in [0, 0.05) is 13.1 Å². The van der Waals surface area contributed by atoms with Crippen molar-refractivity contribution in [1.82, 2.24) is 15.5 Å². The first-order chi connectivity index (χ1) is 9.13. The van der Waals surface area contributed by atoms with Gasteiger partial charge < -0.3 is 15.7 Å². The molecule has 1 saturated heterocycles. The molecule has 6 nitrogen and oxygen atoms in total. The van der Waals surface area contributed by atoms with E-state index in [0.29, 0.717) is 6.42 Å². The summed E-state index contributed by atoms with van der Waals surface area (Å²) in [5.41, 5.74) is 0. The Kier molecular flexibility index (Phi) is 7.85. The van der Waals surface area contributed by atoms with Crippen molar-refractivity contribution in [3.63, 3.8) is 0 Å². The highest BCUT2D eigenvalue weighted by Gasteiger charge is 2.20. The lowest BCUT2D eigenvalue weighted by atomic mass is 10.2. The molecule has 0 aromatic heterocycles. The molecule has 1 atom stereocenters. The second kappa shape index (κ2) is 9.17. The van der Waals surface area contributed by atoms with Gasteiger partial charge in [0.05, 0.1) is 6.54 Å². The molecule has 1 aliphatic heterocycles. The first kappa shape index (κ1) is 16.3. The van der Waals surface area contributed by atoms with Gasteiger partial charge in [0.15, 0.2) is 0 Å². The molecular formula is C12H23N3O3S. The van der Waals surface area contributed by atoms with Crippen LogP contribution in [0.1, 0.15) is 12.8 Å². The number of nitrogens with zero attached hydrogens (tertiary/aromatic N) is 1. The van der Waals surface area contributed by atoms with E-state index in [1.165, 1.54) is 0 Å². The van der Waals surface area contributed by atoms with Crippen molar-refractivity contribution < 1.29 is 14.7 Å². The number of rotatable bonds is 7. The van der Waals surface area contributed by atoms with E-state index in [2.05, 4.69) is 15.5 Å². The number of carbonyl (C=O) groups excluding carboxylic acids is 1. The van der Waals surface area contributed by atoms with Gasteiger partial charge in [-0.25, -0.2) is 4.79 Å². The summed E-state index contributed by atoms with van der Waals surface area (Å²) in [5.74, 6) is -0.430. The fourth-order valence-electron chi connectivity index (χ4n) is 2.00. The van der Waals surface area contributed by atoms with Crippen LogP contribution in [0.25, 0.3) is 0 Å². The summed E-state index contributed by atoms with van der Waals surface area (Å²) in [6, 6.07) is -0.773. The van der Waals surface area contributed by atoms with Crippen molar-refractivity contribution in [1.29, 1.82) is 0 Å². The highest BCUT2D eigenvalue weighted by molar-refractivity contribution is 7.98. The molecule has 0 aromatic rings. The largest absolute Gasteiger partial charge is 0.480 e. The van der Waals surface area contributed by atoms with Gasteiger partial charge in [0.25, 0.3) is 0 Å². The number of amides is 1. The summed E-state index contributed by atoms with van der Waals surface area (Å²) < 4.78 is 0. The Labute approximate surface area is 118 Å². The van der Waals surface area contributed by atoms with E-state index < -0.39 is 12.0 Å². The number of carbonyl (C=O) groups is 2. The number of carboxylic acid groups (broad SMARTS) is 1. The molecule has 0 radical (unpaired) electrons. The number of hydrogen-bond acceptors (Lipinski definition) is 5. The number of aliphatic carboxylic acids is 1. The third kappa shape index (κ3) is 6.79. The number of carboxylic acids is 1. The molecule has 110 valence electrons. The Balaban J connectivity index is 2.36. The molecule has 0 aliphatic carbocycles. The molecular weight excluding hydrogens is 266 g/mol. The van der Waals surface area contributed by atoms with Crippen LogP contribution in [0.2, 0.25) is 0 Å². The molecule has 0 aromatic carbocycles. The molecule has 7 heteroatoms. The maximum atomic E-state index is 11.9. The fourth-order valence-corrected chi connectivity index (χ4v) is 2.47. The van der Waals surface area contributed by atoms with Crippen molar-refractivity contribution in [3.8, 4) is 0 Å². The van der Waals surface area contributed by atoms with Crippen LogP contribution in [0.4, 0.5) is 0 Å². The van der Waals surface area contributed by atoms with Crippen LogP contribution in [0.5, 0.6) is 0 Å². The Morgan fingerprint density at radius 1 is 1.42 bits per heavy atom. The van der Waals surface area contributed by atoms with Gasteiger partial charge in [-0.2, -0.15) is 11.8 Å². The van der Waals surface area contributed by atoms with E-state index in [1.54, 1.807) is 11.8 Å². The van der Waals surface area contributed by atoms with Crippen molar-refractivity contribution in [3.05, 3.63) is 0 Å². The second-order valence-electron chi connectivity index (χ2n) is 4.62. The lowest BCUT2D eigenvalue weighted by Gasteiger charge is -2.20. The Bertz CT molecular complexity index is 294. The summed E-state index contributed by atoms with van der Waals surface area (Å²) >= 11 is 1.58. The second-order valence-corrected chi connectivity index (χ2v) is 5.61.